The fraction of sp³-hybridized carbons (Fsp3) is 0.619. The molecular formula is C21H26N4O3S. The Hall–Kier alpha value is -2.22. The summed E-state index contributed by atoms with van der Waals surface area (Å²) in [5, 5.41) is 0.802. The van der Waals surface area contributed by atoms with Gasteiger partial charge in [-0.25, -0.2) is 4.98 Å². The van der Waals surface area contributed by atoms with Crippen LogP contribution in [0.1, 0.15) is 60.7 Å². The third-order valence-corrected chi connectivity index (χ3v) is 7.76. The van der Waals surface area contributed by atoms with Crippen molar-refractivity contribution < 1.29 is 9.59 Å². The van der Waals surface area contributed by atoms with Crippen LogP contribution in [0, 0.1) is 0 Å². The molecule has 0 bridgehead atoms. The van der Waals surface area contributed by atoms with Crippen LogP contribution in [0.5, 0.6) is 0 Å². The molecule has 7 nitrogen and oxygen atoms in total. The third kappa shape index (κ3) is 3.47. The van der Waals surface area contributed by atoms with E-state index in [2.05, 4.69) is 4.98 Å². The SMILES string of the molecule is O=C(CN1CCCC1=O)N1CCC(c2nc3sc4c(c3c(=O)[nH]2)CCCC4)CC1. The molecule has 2 amide bonds. The van der Waals surface area contributed by atoms with Gasteiger partial charge in [-0.2, -0.15) is 0 Å². The number of hydrogen-bond donors (Lipinski definition) is 1. The van der Waals surface area contributed by atoms with Crippen LogP contribution in [0.3, 0.4) is 0 Å². The Kier molecular flexibility index (Phi) is 4.89. The average molecular weight is 415 g/mol. The summed E-state index contributed by atoms with van der Waals surface area (Å²) >= 11 is 1.68. The van der Waals surface area contributed by atoms with Crippen LogP contribution in [-0.2, 0) is 22.4 Å². The van der Waals surface area contributed by atoms with Crippen molar-refractivity contribution in [3.8, 4) is 0 Å². The fourth-order valence-corrected chi connectivity index (χ4v) is 6.18. The van der Waals surface area contributed by atoms with Gasteiger partial charge in [0.1, 0.15) is 10.7 Å². The van der Waals surface area contributed by atoms with Gasteiger partial charge < -0.3 is 14.8 Å². The van der Waals surface area contributed by atoms with Gasteiger partial charge in [0.15, 0.2) is 0 Å². The largest absolute Gasteiger partial charge is 0.341 e. The molecule has 0 spiro atoms. The Balaban J connectivity index is 1.28. The second-order valence-electron chi connectivity index (χ2n) is 8.42. The van der Waals surface area contributed by atoms with Crippen LogP contribution >= 0.6 is 11.3 Å². The molecule has 2 saturated heterocycles. The smallest absolute Gasteiger partial charge is 0.259 e. The van der Waals surface area contributed by atoms with Gasteiger partial charge in [0.05, 0.1) is 11.9 Å². The zero-order valence-corrected chi connectivity index (χ0v) is 17.4. The van der Waals surface area contributed by atoms with Crippen molar-refractivity contribution in [1.29, 1.82) is 0 Å². The maximum absolute atomic E-state index is 12.8. The van der Waals surface area contributed by atoms with E-state index in [1.54, 1.807) is 16.2 Å². The van der Waals surface area contributed by atoms with Crippen LogP contribution in [0.4, 0.5) is 0 Å². The molecule has 5 rings (SSSR count). The molecule has 1 aliphatic carbocycles. The van der Waals surface area contributed by atoms with Crippen molar-refractivity contribution in [2.75, 3.05) is 26.2 Å². The minimum Gasteiger partial charge on any atom is -0.341 e. The summed E-state index contributed by atoms with van der Waals surface area (Å²) in [7, 11) is 0. The molecule has 3 aliphatic rings. The number of carbonyl (C=O) groups is 2. The highest BCUT2D eigenvalue weighted by Crippen LogP contribution is 2.35. The van der Waals surface area contributed by atoms with E-state index in [9.17, 15) is 14.4 Å². The van der Waals surface area contributed by atoms with Gasteiger partial charge in [0.2, 0.25) is 11.8 Å². The van der Waals surface area contributed by atoms with E-state index in [1.807, 2.05) is 4.90 Å². The summed E-state index contributed by atoms with van der Waals surface area (Å²) in [4.78, 5) is 50.7. The van der Waals surface area contributed by atoms with Crippen LogP contribution in [-0.4, -0.2) is 57.8 Å². The number of carbonyl (C=O) groups excluding carboxylic acids is 2. The van der Waals surface area contributed by atoms with E-state index in [-0.39, 0.29) is 29.8 Å². The summed E-state index contributed by atoms with van der Waals surface area (Å²) in [6.07, 6.45) is 7.38. The van der Waals surface area contributed by atoms with Crippen LogP contribution in [0.15, 0.2) is 4.79 Å². The van der Waals surface area contributed by atoms with Gasteiger partial charge in [0, 0.05) is 36.9 Å². The Morgan fingerprint density at radius 3 is 2.62 bits per heavy atom. The Morgan fingerprint density at radius 1 is 1.07 bits per heavy atom. The van der Waals surface area contributed by atoms with Crippen molar-refractivity contribution in [1.82, 2.24) is 19.8 Å². The van der Waals surface area contributed by atoms with Crippen molar-refractivity contribution in [3.05, 3.63) is 26.6 Å². The van der Waals surface area contributed by atoms with E-state index in [0.29, 0.717) is 26.1 Å². The second kappa shape index (κ2) is 7.55. The predicted octanol–water partition coefficient (Wildman–Crippen LogP) is 2.19. The van der Waals surface area contributed by atoms with Gasteiger partial charge >= 0.3 is 0 Å². The molecule has 2 aromatic rings. The van der Waals surface area contributed by atoms with E-state index in [1.165, 1.54) is 16.9 Å². The number of fused-ring (bicyclic) bond motifs is 3. The van der Waals surface area contributed by atoms with E-state index in [0.717, 1.165) is 54.6 Å². The van der Waals surface area contributed by atoms with Crippen molar-refractivity contribution in [2.45, 2.75) is 57.3 Å². The molecule has 2 aromatic heterocycles. The lowest BCUT2D eigenvalue weighted by molar-refractivity contribution is -0.139. The number of hydrogen-bond acceptors (Lipinski definition) is 5. The molecule has 2 aliphatic heterocycles. The number of aromatic nitrogens is 2. The van der Waals surface area contributed by atoms with E-state index in [4.69, 9.17) is 4.98 Å². The molecule has 154 valence electrons. The average Bonchev–Trinajstić information content (AvgIpc) is 3.31. The fourth-order valence-electron chi connectivity index (χ4n) is 4.91. The molecule has 2 fully saturated rings. The highest BCUT2D eigenvalue weighted by molar-refractivity contribution is 7.18. The first-order valence-corrected chi connectivity index (χ1v) is 11.5. The van der Waals surface area contributed by atoms with E-state index >= 15 is 0 Å². The molecule has 0 atom stereocenters. The first kappa shape index (κ1) is 18.8. The minimum atomic E-state index is -0.00421. The second-order valence-corrected chi connectivity index (χ2v) is 9.50. The maximum atomic E-state index is 12.8. The number of amides is 2. The number of piperidine rings is 1. The molecule has 0 unspecified atom stereocenters. The molecule has 0 aromatic carbocycles. The van der Waals surface area contributed by atoms with Crippen molar-refractivity contribution in [3.63, 3.8) is 0 Å². The Bertz CT molecular complexity index is 1020. The summed E-state index contributed by atoms with van der Waals surface area (Å²) < 4.78 is 0. The van der Waals surface area contributed by atoms with Crippen molar-refractivity contribution >= 4 is 33.4 Å². The molecular weight excluding hydrogens is 388 g/mol. The highest BCUT2D eigenvalue weighted by atomic mass is 32.1. The van der Waals surface area contributed by atoms with Crippen LogP contribution in [0.2, 0.25) is 0 Å². The quantitative estimate of drug-likeness (QED) is 0.834. The van der Waals surface area contributed by atoms with Gasteiger partial charge in [-0.3, -0.25) is 14.4 Å². The number of nitrogens with zero attached hydrogens (tertiary/aromatic N) is 3. The first-order chi connectivity index (χ1) is 14.1. The zero-order valence-electron chi connectivity index (χ0n) is 16.5. The van der Waals surface area contributed by atoms with Gasteiger partial charge in [-0.05, 0) is 50.5 Å². The van der Waals surface area contributed by atoms with Gasteiger partial charge in [-0.15, -0.1) is 11.3 Å². The lowest BCUT2D eigenvalue weighted by Gasteiger charge is -2.32. The summed E-state index contributed by atoms with van der Waals surface area (Å²) in [6, 6.07) is 0. The lowest BCUT2D eigenvalue weighted by atomic mass is 9.95. The number of aromatic amines is 1. The zero-order chi connectivity index (χ0) is 20.0. The van der Waals surface area contributed by atoms with Crippen molar-refractivity contribution in [2.24, 2.45) is 0 Å². The summed E-state index contributed by atoms with van der Waals surface area (Å²) in [5.74, 6) is 1.05. The van der Waals surface area contributed by atoms with E-state index < -0.39 is 0 Å². The number of aryl methyl sites for hydroxylation is 2. The lowest BCUT2D eigenvalue weighted by Crippen LogP contribution is -2.44. The number of H-pyrrole nitrogens is 1. The normalized spacial score (nSPS) is 20.5. The van der Waals surface area contributed by atoms with Gasteiger partial charge in [-0.1, -0.05) is 0 Å². The number of nitrogens with one attached hydrogen (secondary N) is 1. The molecule has 1 N–H and O–H groups in total. The molecule has 4 heterocycles. The monoisotopic (exact) mass is 414 g/mol. The standard InChI is InChI=1S/C21H26N4O3S/c26-16-6-3-9-25(16)12-17(27)24-10-7-13(8-11-24)19-22-20(28)18-14-4-1-2-5-15(14)29-21(18)23-19/h13H,1-12H2,(H,22,23,28). The maximum Gasteiger partial charge on any atom is 0.259 e. The molecule has 0 radical (unpaired) electrons. The number of likely N-dealkylation sites (tertiary alicyclic amines) is 2. The Labute approximate surface area is 173 Å². The third-order valence-electron chi connectivity index (χ3n) is 6.58. The minimum absolute atomic E-state index is 0.00421. The highest BCUT2D eigenvalue weighted by Gasteiger charge is 2.29. The first-order valence-electron chi connectivity index (χ1n) is 10.7. The summed E-state index contributed by atoms with van der Waals surface area (Å²) in [5.41, 5.74) is 1.21. The van der Waals surface area contributed by atoms with Gasteiger partial charge in [0.25, 0.3) is 5.56 Å². The van der Waals surface area contributed by atoms with Crippen LogP contribution < -0.4 is 5.56 Å². The number of thiophene rings is 1. The Morgan fingerprint density at radius 2 is 1.86 bits per heavy atom. The molecule has 0 saturated carbocycles. The predicted molar refractivity (Wildman–Crippen MR) is 111 cm³/mol. The molecule has 29 heavy (non-hydrogen) atoms. The van der Waals surface area contributed by atoms with Crippen LogP contribution in [0.25, 0.3) is 10.2 Å². The molecule has 8 heteroatoms. The topological polar surface area (TPSA) is 86.4 Å². The number of rotatable bonds is 3. The summed E-state index contributed by atoms with van der Waals surface area (Å²) in [6.45, 7) is 2.19.